The monoisotopic (exact) mass is 360 g/mol. The van der Waals surface area contributed by atoms with E-state index in [0.717, 1.165) is 10.0 Å². The van der Waals surface area contributed by atoms with Crippen molar-refractivity contribution in [2.24, 2.45) is 0 Å². The normalized spacial score (nSPS) is 10.7. The molecule has 22 heavy (non-hydrogen) atoms. The summed E-state index contributed by atoms with van der Waals surface area (Å²) in [5.74, 6) is 1.52. The summed E-state index contributed by atoms with van der Waals surface area (Å²) < 4.78 is 11.5. The van der Waals surface area contributed by atoms with Crippen LogP contribution in [0.4, 0.5) is 0 Å². The van der Waals surface area contributed by atoms with Crippen molar-refractivity contribution in [3.63, 3.8) is 0 Å². The van der Waals surface area contributed by atoms with Crippen molar-refractivity contribution in [2.45, 2.75) is 0 Å². The molecule has 0 spiro atoms. The number of methoxy groups -OCH3 is 2. The van der Waals surface area contributed by atoms with Gasteiger partial charge in [0.25, 0.3) is 5.56 Å². The molecule has 1 N–H and O–H groups in total. The Hall–Kier alpha value is -2.34. The number of fused-ring (bicyclic) bond motifs is 1. The third-order valence-corrected chi connectivity index (χ3v) is 3.85. The van der Waals surface area contributed by atoms with Crippen molar-refractivity contribution in [3.05, 3.63) is 51.2 Å². The lowest BCUT2D eigenvalue weighted by Gasteiger charge is -2.09. The van der Waals surface area contributed by atoms with Crippen molar-refractivity contribution in [1.29, 1.82) is 0 Å². The lowest BCUT2D eigenvalue weighted by molar-refractivity contribution is 0.397. The number of hydrogen-bond donors (Lipinski definition) is 1. The predicted octanol–water partition coefficient (Wildman–Crippen LogP) is 3.37. The van der Waals surface area contributed by atoms with Gasteiger partial charge in [-0.25, -0.2) is 4.98 Å². The number of nitrogens with one attached hydrogen (secondary N) is 1. The lowest BCUT2D eigenvalue weighted by Crippen LogP contribution is -2.11. The van der Waals surface area contributed by atoms with Crippen LogP contribution in [-0.4, -0.2) is 24.2 Å². The maximum Gasteiger partial charge on any atom is 0.262 e. The molecule has 0 aliphatic carbocycles. The predicted molar refractivity (Wildman–Crippen MR) is 88.6 cm³/mol. The van der Waals surface area contributed by atoms with Crippen LogP contribution in [0.1, 0.15) is 0 Å². The maximum absolute atomic E-state index is 12.4. The van der Waals surface area contributed by atoms with Gasteiger partial charge in [0.15, 0.2) is 0 Å². The van der Waals surface area contributed by atoms with Crippen LogP contribution < -0.4 is 15.0 Å². The SMILES string of the molecule is COc1cc(OC)c2c(=O)[nH]c(-c3ccc(Br)cc3)nc2c1. The molecular weight excluding hydrogens is 348 g/mol. The molecule has 1 heterocycles. The van der Waals surface area contributed by atoms with Gasteiger partial charge in [0.05, 0.1) is 19.7 Å². The Morgan fingerprint density at radius 1 is 1.09 bits per heavy atom. The van der Waals surface area contributed by atoms with Gasteiger partial charge in [0, 0.05) is 22.2 Å². The van der Waals surface area contributed by atoms with Gasteiger partial charge in [-0.05, 0) is 12.1 Å². The van der Waals surface area contributed by atoms with E-state index in [4.69, 9.17) is 9.47 Å². The van der Waals surface area contributed by atoms with E-state index in [1.165, 1.54) is 7.11 Å². The number of ether oxygens (including phenoxy) is 2. The second kappa shape index (κ2) is 5.81. The van der Waals surface area contributed by atoms with Crippen LogP contribution in [0.25, 0.3) is 22.3 Å². The standard InChI is InChI=1S/C16H13BrN2O3/c1-21-11-7-12-14(13(8-11)22-2)16(20)19-15(18-12)9-3-5-10(17)6-4-9/h3-8H,1-2H3,(H,18,19,20). The average molecular weight is 361 g/mol. The Bertz CT molecular complexity index is 888. The topological polar surface area (TPSA) is 64.2 Å². The average Bonchev–Trinajstić information content (AvgIpc) is 2.54. The Morgan fingerprint density at radius 3 is 2.45 bits per heavy atom. The zero-order valence-electron chi connectivity index (χ0n) is 12.0. The molecule has 0 aliphatic rings. The molecule has 6 heteroatoms. The lowest BCUT2D eigenvalue weighted by atomic mass is 10.1. The van der Waals surface area contributed by atoms with Crippen LogP contribution in [0.15, 0.2) is 45.7 Å². The number of halogens is 1. The molecule has 0 saturated carbocycles. The van der Waals surface area contributed by atoms with E-state index in [0.29, 0.717) is 28.2 Å². The number of hydrogen-bond acceptors (Lipinski definition) is 4. The zero-order chi connectivity index (χ0) is 15.7. The summed E-state index contributed by atoms with van der Waals surface area (Å²) in [6.45, 7) is 0. The fourth-order valence-corrected chi connectivity index (χ4v) is 2.50. The first kappa shape index (κ1) is 14.6. The van der Waals surface area contributed by atoms with Crippen LogP contribution >= 0.6 is 15.9 Å². The maximum atomic E-state index is 12.4. The quantitative estimate of drug-likeness (QED) is 0.777. The van der Waals surface area contributed by atoms with Gasteiger partial charge in [-0.2, -0.15) is 0 Å². The highest BCUT2D eigenvalue weighted by Crippen LogP contribution is 2.28. The van der Waals surface area contributed by atoms with E-state index in [-0.39, 0.29) is 5.56 Å². The molecule has 1 aromatic heterocycles. The molecule has 0 fully saturated rings. The molecule has 0 amide bonds. The van der Waals surface area contributed by atoms with Crippen molar-refractivity contribution in [3.8, 4) is 22.9 Å². The Balaban J connectivity index is 2.27. The van der Waals surface area contributed by atoms with E-state index < -0.39 is 0 Å². The summed E-state index contributed by atoms with van der Waals surface area (Å²) >= 11 is 3.38. The second-order valence-electron chi connectivity index (χ2n) is 4.65. The third kappa shape index (κ3) is 2.57. The molecule has 112 valence electrons. The number of rotatable bonds is 3. The van der Waals surface area contributed by atoms with E-state index in [1.54, 1.807) is 19.2 Å². The Morgan fingerprint density at radius 2 is 1.82 bits per heavy atom. The molecular formula is C16H13BrN2O3. The van der Waals surface area contributed by atoms with E-state index in [2.05, 4.69) is 25.9 Å². The van der Waals surface area contributed by atoms with Gasteiger partial charge in [-0.3, -0.25) is 4.79 Å². The summed E-state index contributed by atoms with van der Waals surface area (Å²) in [5, 5.41) is 0.407. The molecule has 0 aliphatic heterocycles. The molecule has 0 bridgehead atoms. The molecule has 0 saturated heterocycles. The van der Waals surface area contributed by atoms with Gasteiger partial charge in [0.2, 0.25) is 0 Å². The number of benzene rings is 2. The fraction of sp³-hybridized carbons (Fsp3) is 0.125. The smallest absolute Gasteiger partial charge is 0.262 e. The first-order valence-electron chi connectivity index (χ1n) is 6.54. The van der Waals surface area contributed by atoms with Crippen molar-refractivity contribution >= 4 is 26.8 Å². The number of H-pyrrole nitrogens is 1. The van der Waals surface area contributed by atoms with E-state index in [9.17, 15) is 4.79 Å². The van der Waals surface area contributed by atoms with Gasteiger partial charge in [-0.15, -0.1) is 0 Å². The number of aromatic amines is 1. The van der Waals surface area contributed by atoms with Crippen LogP contribution in [-0.2, 0) is 0 Å². The summed E-state index contributed by atoms with van der Waals surface area (Å²) in [5.41, 5.74) is 1.10. The van der Waals surface area contributed by atoms with Crippen molar-refractivity contribution < 1.29 is 9.47 Å². The highest BCUT2D eigenvalue weighted by Gasteiger charge is 2.12. The minimum Gasteiger partial charge on any atom is -0.497 e. The molecule has 0 unspecified atom stereocenters. The largest absolute Gasteiger partial charge is 0.497 e. The van der Waals surface area contributed by atoms with Gasteiger partial charge >= 0.3 is 0 Å². The molecule has 3 aromatic rings. The summed E-state index contributed by atoms with van der Waals surface area (Å²) in [4.78, 5) is 19.7. The fourth-order valence-electron chi connectivity index (χ4n) is 2.23. The summed E-state index contributed by atoms with van der Waals surface area (Å²) in [6, 6.07) is 10.9. The van der Waals surface area contributed by atoms with Crippen LogP contribution in [0.5, 0.6) is 11.5 Å². The molecule has 2 aromatic carbocycles. The summed E-state index contributed by atoms with van der Waals surface area (Å²) in [6.07, 6.45) is 0. The first-order valence-corrected chi connectivity index (χ1v) is 7.33. The minimum atomic E-state index is -0.248. The second-order valence-corrected chi connectivity index (χ2v) is 5.56. The van der Waals surface area contributed by atoms with Crippen molar-refractivity contribution in [1.82, 2.24) is 9.97 Å². The minimum absolute atomic E-state index is 0.248. The number of nitrogens with zero attached hydrogens (tertiary/aromatic N) is 1. The highest BCUT2D eigenvalue weighted by molar-refractivity contribution is 9.10. The van der Waals surface area contributed by atoms with Crippen LogP contribution in [0.2, 0.25) is 0 Å². The van der Waals surface area contributed by atoms with E-state index >= 15 is 0 Å². The Kier molecular flexibility index (Phi) is 3.85. The summed E-state index contributed by atoms with van der Waals surface area (Å²) in [7, 11) is 3.07. The third-order valence-electron chi connectivity index (χ3n) is 3.32. The first-order chi connectivity index (χ1) is 10.6. The molecule has 5 nitrogen and oxygen atoms in total. The van der Waals surface area contributed by atoms with E-state index in [1.807, 2.05) is 24.3 Å². The zero-order valence-corrected chi connectivity index (χ0v) is 13.6. The van der Waals surface area contributed by atoms with Crippen molar-refractivity contribution in [2.75, 3.05) is 14.2 Å². The van der Waals surface area contributed by atoms with Gasteiger partial charge in [-0.1, -0.05) is 28.1 Å². The molecule has 0 atom stereocenters. The Labute approximate surface area is 135 Å². The molecule has 0 radical (unpaired) electrons. The molecule has 3 rings (SSSR count). The number of aromatic nitrogens is 2. The van der Waals surface area contributed by atoms with Crippen LogP contribution in [0.3, 0.4) is 0 Å². The van der Waals surface area contributed by atoms with Gasteiger partial charge < -0.3 is 14.5 Å². The van der Waals surface area contributed by atoms with Gasteiger partial charge in [0.1, 0.15) is 22.7 Å². The highest BCUT2D eigenvalue weighted by atomic mass is 79.9. The van der Waals surface area contributed by atoms with Crippen LogP contribution in [0, 0.1) is 0 Å².